The first-order valence-electron chi connectivity index (χ1n) is 5.65. The van der Waals surface area contributed by atoms with Gasteiger partial charge in [-0.05, 0) is 6.42 Å². The molecule has 0 aromatic heterocycles. The van der Waals surface area contributed by atoms with Crippen molar-refractivity contribution >= 4 is 11.9 Å². The van der Waals surface area contributed by atoms with Crippen LogP contribution in [0, 0.1) is 0 Å². The van der Waals surface area contributed by atoms with E-state index in [4.69, 9.17) is 5.11 Å². The van der Waals surface area contributed by atoms with Crippen LogP contribution in [-0.2, 0) is 9.59 Å². The van der Waals surface area contributed by atoms with Crippen LogP contribution in [0.5, 0.6) is 0 Å². The second kappa shape index (κ2) is 9.49. The van der Waals surface area contributed by atoms with Gasteiger partial charge in [-0.15, -0.1) is 0 Å². The zero-order chi connectivity index (χ0) is 11.5. The molecule has 0 rings (SSSR count). The highest BCUT2D eigenvalue weighted by atomic mass is 16.4. The van der Waals surface area contributed by atoms with E-state index in [0.29, 0.717) is 6.42 Å². The van der Waals surface area contributed by atoms with Crippen molar-refractivity contribution in [2.24, 2.45) is 0 Å². The number of rotatable bonds is 9. The van der Waals surface area contributed by atoms with E-state index < -0.39 is 5.97 Å². The van der Waals surface area contributed by atoms with Gasteiger partial charge >= 0.3 is 5.97 Å². The summed E-state index contributed by atoms with van der Waals surface area (Å²) in [6.07, 6.45) is 7.23. The molecule has 0 saturated heterocycles. The Labute approximate surface area is 91.1 Å². The fraction of sp³-hybridized carbons (Fsp3) is 0.818. The predicted molar refractivity (Wildman–Crippen MR) is 58.6 cm³/mol. The number of carboxylic acids is 1. The van der Waals surface area contributed by atoms with E-state index in [-0.39, 0.29) is 12.5 Å². The summed E-state index contributed by atoms with van der Waals surface area (Å²) in [7, 11) is 0. The molecule has 88 valence electrons. The average molecular weight is 215 g/mol. The van der Waals surface area contributed by atoms with Crippen molar-refractivity contribution in [2.75, 3.05) is 6.54 Å². The van der Waals surface area contributed by atoms with Crippen molar-refractivity contribution in [3.63, 3.8) is 0 Å². The number of amides is 1. The van der Waals surface area contributed by atoms with E-state index in [1.807, 2.05) is 0 Å². The van der Waals surface area contributed by atoms with E-state index in [2.05, 4.69) is 12.2 Å². The van der Waals surface area contributed by atoms with Gasteiger partial charge in [0.15, 0.2) is 0 Å². The van der Waals surface area contributed by atoms with E-state index >= 15 is 0 Å². The molecule has 0 aliphatic carbocycles. The highest BCUT2D eigenvalue weighted by molar-refractivity contribution is 5.80. The summed E-state index contributed by atoms with van der Waals surface area (Å²) in [5.41, 5.74) is 0. The van der Waals surface area contributed by atoms with Crippen molar-refractivity contribution in [1.82, 2.24) is 5.32 Å². The van der Waals surface area contributed by atoms with Gasteiger partial charge in [0.05, 0.1) is 0 Å². The van der Waals surface area contributed by atoms with E-state index in [1.54, 1.807) is 0 Å². The number of unbranched alkanes of at least 4 members (excludes halogenated alkanes) is 5. The molecular formula is C11H21NO3. The maximum atomic E-state index is 11.1. The van der Waals surface area contributed by atoms with Crippen LogP contribution in [0.2, 0.25) is 0 Å². The minimum Gasteiger partial charge on any atom is -0.480 e. The number of aliphatic carboxylic acids is 1. The largest absolute Gasteiger partial charge is 0.480 e. The molecule has 0 heterocycles. The molecular weight excluding hydrogens is 194 g/mol. The molecule has 0 aliphatic heterocycles. The molecule has 0 aromatic rings. The van der Waals surface area contributed by atoms with Gasteiger partial charge in [0.25, 0.3) is 0 Å². The number of hydrogen-bond donors (Lipinski definition) is 2. The molecule has 0 spiro atoms. The number of nitrogens with one attached hydrogen (secondary N) is 1. The molecule has 0 radical (unpaired) electrons. The van der Waals surface area contributed by atoms with E-state index in [9.17, 15) is 9.59 Å². The summed E-state index contributed by atoms with van der Waals surface area (Å²) in [4.78, 5) is 21.2. The molecule has 0 saturated carbocycles. The quantitative estimate of drug-likeness (QED) is 0.578. The number of carbonyl (C=O) groups is 2. The summed E-state index contributed by atoms with van der Waals surface area (Å²) >= 11 is 0. The van der Waals surface area contributed by atoms with Crippen molar-refractivity contribution in [2.45, 2.75) is 51.9 Å². The molecule has 0 unspecified atom stereocenters. The minimum atomic E-state index is -0.994. The Balaban J connectivity index is 3.20. The molecule has 2 N–H and O–H groups in total. The lowest BCUT2D eigenvalue weighted by atomic mass is 10.1. The normalized spacial score (nSPS) is 9.93. The molecule has 0 aliphatic rings. The Morgan fingerprint density at radius 2 is 1.67 bits per heavy atom. The van der Waals surface area contributed by atoms with Gasteiger partial charge in [0, 0.05) is 6.42 Å². The van der Waals surface area contributed by atoms with Crippen LogP contribution in [0.15, 0.2) is 0 Å². The summed E-state index contributed by atoms with van der Waals surface area (Å²) < 4.78 is 0. The van der Waals surface area contributed by atoms with E-state index in [1.165, 1.54) is 25.7 Å². The smallest absolute Gasteiger partial charge is 0.322 e. The highest BCUT2D eigenvalue weighted by Gasteiger charge is 2.02. The third kappa shape index (κ3) is 10.9. The molecule has 0 atom stereocenters. The molecule has 0 aromatic carbocycles. The Morgan fingerprint density at radius 1 is 1.07 bits per heavy atom. The maximum absolute atomic E-state index is 11.1. The summed E-state index contributed by atoms with van der Waals surface area (Å²) in [5, 5.41) is 10.7. The Morgan fingerprint density at radius 3 is 2.27 bits per heavy atom. The van der Waals surface area contributed by atoms with Crippen LogP contribution in [0.25, 0.3) is 0 Å². The highest BCUT2D eigenvalue weighted by Crippen LogP contribution is 2.06. The monoisotopic (exact) mass is 215 g/mol. The molecule has 0 bridgehead atoms. The third-order valence-corrected chi connectivity index (χ3v) is 2.19. The summed E-state index contributed by atoms with van der Waals surface area (Å²) in [6.45, 7) is 1.90. The molecule has 4 heteroatoms. The average Bonchev–Trinajstić information content (AvgIpc) is 2.20. The van der Waals surface area contributed by atoms with Gasteiger partial charge in [-0.3, -0.25) is 9.59 Å². The maximum Gasteiger partial charge on any atom is 0.322 e. The number of hydrogen-bond acceptors (Lipinski definition) is 2. The van der Waals surface area contributed by atoms with Gasteiger partial charge in [0.2, 0.25) is 5.91 Å². The Kier molecular flexibility index (Phi) is 8.82. The lowest BCUT2D eigenvalue weighted by Crippen LogP contribution is -2.28. The van der Waals surface area contributed by atoms with E-state index in [0.717, 1.165) is 12.8 Å². The van der Waals surface area contributed by atoms with Crippen LogP contribution in [0.4, 0.5) is 0 Å². The molecule has 15 heavy (non-hydrogen) atoms. The SMILES string of the molecule is CCCCCCCCC(=O)NCC(=O)O. The Hall–Kier alpha value is -1.06. The predicted octanol–water partition coefficient (Wildman–Crippen LogP) is 1.94. The summed E-state index contributed by atoms with van der Waals surface area (Å²) in [5.74, 6) is -1.15. The minimum absolute atomic E-state index is 0.159. The van der Waals surface area contributed by atoms with Crippen molar-refractivity contribution in [3.05, 3.63) is 0 Å². The van der Waals surface area contributed by atoms with Gasteiger partial charge in [-0.2, -0.15) is 0 Å². The topological polar surface area (TPSA) is 66.4 Å². The standard InChI is InChI=1S/C11H21NO3/c1-2-3-4-5-6-7-8-10(13)12-9-11(14)15/h2-9H2,1H3,(H,12,13)(H,14,15). The van der Waals surface area contributed by atoms with Crippen LogP contribution >= 0.6 is 0 Å². The van der Waals surface area contributed by atoms with Gasteiger partial charge in [0.1, 0.15) is 6.54 Å². The first kappa shape index (κ1) is 13.9. The molecule has 1 amide bonds. The zero-order valence-electron chi connectivity index (χ0n) is 9.42. The van der Waals surface area contributed by atoms with Gasteiger partial charge < -0.3 is 10.4 Å². The van der Waals surface area contributed by atoms with Gasteiger partial charge in [-0.1, -0.05) is 39.0 Å². The lowest BCUT2D eigenvalue weighted by Gasteiger charge is -2.02. The van der Waals surface area contributed by atoms with Gasteiger partial charge in [-0.25, -0.2) is 0 Å². The lowest BCUT2D eigenvalue weighted by molar-refractivity contribution is -0.137. The molecule has 4 nitrogen and oxygen atoms in total. The van der Waals surface area contributed by atoms with Crippen LogP contribution < -0.4 is 5.32 Å². The second-order valence-electron chi connectivity index (χ2n) is 3.69. The number of carbonyl (C=O) groups excluding carboxylic acids is 1. The Bertz CT molecular complexity index is 192. The van der Waals surface area contributed by atoms with Crippen LogP contribution in [-0.4, -0.2) is 23.5 Å². The van der Waals surface area contributed by atoms with Crippen LogP contribution in [0.3, 0.4) is 0 Å². The second-order valence-corrected chi connectivity index (χ2v) is 3.69. The summed E-state index contributed by atoms with van der Waals surface area (Å²) in [6, 6.07) is 0. The number of carboxylic acid groups (broad SMARTS) is 1. The van der Waals surface area contributed by atoms with Crippen molar-refractivity contribution in [3.8, 4) is 0 Å². The zero-order valence-corrected chi connectivity index (χ0v) is 9.42. The van der Waals surface area contributed by atoms with Crippen molar-refractivity contribution in [1.29, 1.82) is 0 Å². The van der Waals surface area contributed by atoms with Crippen molar-refractivity contribution < 1.29 is 14.7 Å². The first-order valence-corrected chi connectivity index (χ1v) is 5.65. The fourth-order valence-corrected chi connectivity index (χ4v) is 1.33. The molecule has 0 fully saturated rings. The third-order valence-electron chi connectivity index (χ3n) is 2.19. The van der Waals surface area contributed by atoms with Crippen LogP contribution in [0.1, 0.15) is 51.9 Å². The first-order chi connectivity index (χ1) is 7.16. The fourth-order valence-electron chi connectivity index (χ4n) is 1.33.